The number of carbonyl (C=O) groups excluding carboxylic acids is 1. The first-order valence-corrected chi connectivity index (χ1v) is 7.31. The molecule has 2 rings (SSSR count). The summed E-state index contributed by atoms with van der Waals surface area (Å²) < 4.78 is 0.618. The van der Waals surface area contributed by atoms with Crippen molar-refractivity contribution in [2.45, 2.75) is 4.90 Å². The molecule has 0 saturated heterocycles. The molecule has 1 aromatic heterocycles. The van der Waals surface area contributed by atoms with Crippen LogP contribution in [0.2, 0.25) is 4.34 Å². The summed E-state index contributed by atoms with van der Waals surface area (Å²) >= 11 is 8.72. The Labute approximate surface area is 113 Å². The topological polar surface area (TPSA) is 29.1 Å². The highest BCUT2D eigenvalue weighted by Crippen LogP contribution is 2.23. The molecule has 1 aromatic carbocycles. The predicted molar refractivity (Wildman–Crippen MR) is 75.5 cm³/mol. The van der Waals surface area contributed by atoms with Gasteiger partial charge in [-0.2, -0.15) is 0 Å². The Morgan fingerprint density at radius 1 is 1.24 bits per heavy atom. The smallest absolute Gasteiger partial charge is 0.265 e. The number of rotatable bonds is 3. The number of thiophene rings is 1. The monoisotopic (exact) mass is 283 g/mol. The second kappa shape index (κ2) is 5.58. The summed E-state index contributed by atoms with van der Waals surface area (Å²) in [6.07, 6.45) is 2.02. The van der Waals surface area contributed by atoms with Crippen LogP contribution in [0.15, 0.2) is 41.3 Å². The third-order valence-electron chi connectivity index (χ3n) is 2.14. The maximum atomic E-state index is 11.8. The summed E-state index contributed by atoms with van der Waals surface area (Å²) in [5.74, 6) is -0.126. The molecule has 2 aromatic rings. The van der Waals surface area contributed by atoms with Gasteiger partial charge < -0.3 is 5.32 Å². The van der Waals surface area contributed by atoms with E-state index < -0.39 is 0 Å². The van der Waals surface area contributed by atoms with E-state index in [1.54, 1.807) is 23.9 Å². The summed E-state index contributed by atoms with van der Waals surface area (Å²) in [5.41, 5.74) is 0.789. The molecule has 0 atom stereocenters. The SMILES string of the molecule is CSc1ccc(NC(=O)c2ccc(Cl)s2)cc1. The lowest BCUT2D eigenvalue weighted by Crippen LogP contribution is -2.09. The van der Waals surface area contributed by atoms with Crippen molar-refractivity contribution in [3.63, 3.8) is 0 Å². The number of carbonyl (C=O) groups is 1. The molecule has 0 unspecified atom stereocenters. The minimum Gasteiger partial charge on any atom is -0.321 e. The van der Waals surface area contributed by atoms with Gasteiger partial charge in [0.2, 0.25) is 0 Å². The summed E-state index contributed by atoms with van der Waals surface area (Å²) in [6.45, 7) is 0. The molecule has 0 fully saturated rings. The summed E-state index contributed by atoms with van der Waals surface area (Å²) in [7, 11) is 0. The standard InChI is InChI=1S/C12H10ClNOS2/c1-16-9-4-2-8(3-5-9)14-12(15)10-6-7-11(13)17-10/h2-7H,1H3,(H,14,15). The van der Waals surface area contributed by atoms with E-state index in [1.165, 1.54) is 16.2 Å². The van der Waals surface area contributed by atoms with E-state index in [0.29, 0.717) is 9.21 Å². The molecule has 0 saturated carbocycles. The third kappa shape index (κ3) is 3.25. The summed E-state index contributed by atoms with van der Waals surface area (Å²) in [4.78, 5) is 13.6. The zero-order valence-electron chi connectivity index (χ0n) is 9.07. The number of hydrogen-bond acceptors (Lipinski definition) is 3. The molecule has 2 nitrogen and oxygen atoms in total. The first-order chi connectivity index (χ1) is 8.19. The Bertz CT molecular complexity index is 522. The van der Waals surface area contributed by atoms with E-state index >= 15 is 0 Å². The maximum absolute atomic E-state index is 11.8. The number of nitrogens with one attached hydrogen (secondary N) is 1. The largest absolute Gasteiger partial charge is 0.321 e. The molecule has 1 N–H and O–H groups in total. The molecule has 17 heavy (non-hydrogen) atoms. The van der Waals surface area contributed by atoms with Gasteiger partial charge in [0.15, 0.2) is 0 Å². The van der Waals surface area contributed by atoms with Gasteiger partial charge in [-0.15, -0.1) is 23.1 Å². The number of thioether (sulfide) groups is 1. The fraction of sp³-hybridized carbons (Fsp3) is 0.0833. The van der Waals surface area contributed by atoms with Crippen LogP contribution in [0.25, 0.3) is 0 Å². The van der Waals surface area contributed by atoms with E-state index in [2.05, 4.69) is 5.32 Å². The van der Waals surface area contributed by atoms with Crippen LogP contribution < -0.4 is 5.32 Å². The van der Waals surface area contributed by atoms with Gasteiger partial charge >= 0.3 is 0 Å². The summed E-state index contributed by atoms with van der Waals surface area (Å²) in [6, 6.07) is 11.2. The Morgan fingerprint density at radius 2 is 1.94 bits per heavy atom. The van der Waals surface area contributed by atoms with Gasteiger partial charge in [0.05, 0.1) is 9.21 Å². The van der Waals surface area contributed by atoms with E-state index in [4.69, 9.17) is 11.6 Å². The van der Waals surface area contributed by atoms with Gasteiger partial charge in [-0.3, -0.25) is 4.79 Å². The second-order valence-corrected chi connectivity index (χ2v) is 5.88. The Morgan fingerprint density at radius 3 is 2.47 bits per heavy atom. The number of anilines is 1. The second-order valence-electron chi connectivity index (χ2n) is 3.29. The molecule has 0 bridgehead atoms. The quantitative estimate of drug-likeness (QED) is 0.847. The van der Waals surface area contributed by atoms with Crippen LogP contribution in [0.4, 0.5) is 5.69 Å². The Hall–Kier alpha value is -0.970. The van der Waals surface area contributed by atoms with Gasteiger partial charge in [-0.25, -0.2) is 0 Å². The lowest BCUT2D eigenvalue weighted by atomic mass is 10.3. The van der Waals surface area contributed by atoms with Crippen molar-refractivity contribution in [1.29, 1.82) is 0 Å². The van der Waals surface area contributed by atoms with Crippen LogP contribution in [0.1, 0.15) is 9.67 Å². The average molecular weight is 284 g/mol. The number of benzene rings is 1. The van der Waals surface area contributed by atoms with E-state index in [0.717, 1.165) is 5.69 Å². The van der Waals surface area contributed by atoms with Crippen LogP contribution in [0.3, 0.4) is 0 Å². The molecule has 0 spiro atoms. The summed E-state index contributed by atoms with van der Waals surface area (Å²) in [5, 5.41) is 2.83. The zero-order valence-corrected chi connectivity index (χ0v) is 11.5. The molecule has 0 radical (unpaired) electrons. The first-order valence-electron chi connectivity index (χ1n) is 4.90. The minimum absolute atomic E-state index is 0.126. The molecule has 1 heterocycles. The van der Waals surface area contributed by atoms with E-state index in [9.17, 15) is 4.79 Å². The molecule has 0 aliphatic heterocycles. The highest BCUT2D eigenvalue weighted by molar-refractivity contribution is 7.98. The van der Waals surface area contributed by atoms with Crippen LogP contribution in [0, 0.1) is 0 Å². The van der Waals surface area contributed by atoms with Gasteiger partial charge in [-0.1, -0.05) is 11.6 Å². The fourth-order valence-electron chi connectivity index (χ4n) is 1.30. The molecule has 88 valence electrons. The lowest BCUT2D eigenvalue weighted by Gasteiger charge is -2.04. The fourth-order valence-corrected chi connectivity index (χ4v) is 2.65. The van der Waals surface area contributed by atoms with Gasteiger partial charge in [0.25, 0.3) is 5.91 Å². The molecule has 0 aliphatic carbocycles. The molecule has 0 aliphatic rings. The Kier molecular flexibility index (Phi) is 4.10. The van der Waals surface area contributed by atoms with E-state index in [-0.39, 0.29) is 5.91 Å². The van der Waals surface area contributed by atoms with Crippen molar-refractivity contribution in [3.05, 3.63) is 45.6 Å². The van der Waals surface area contributed by atoms with Gasteiger partial charge in [0.1, 0.15) is 0 Å². The van der Waals surface area contributed by atoms with Crippen molar-refractivity contribution < 1.29 is 4.79 Å². The lowest BCUT2D eigenvalue weighted by molar-refractivity contribution is 0.103. The number of hydrogen-bond donors (Lipinski definition) is 1. The van der Waals surface area contributed by atoms with Crippen LogP contribution >= 0.6 is 34.7 Å². The first kappa shape index (κ1) is 12.5. The normalized spacial score (nSPS) is 10.2. The van der Waals surface area contributed by atoms with Crippen molar-refractivity contribution in [2.75, 3.05) is 11.6 Å². The van der Waals surface area contributed by atoms with Crippen molar-refractivity contribution in [2.24, 2.45) is 0 Å². The predicted octanol–water partition coefficient (Wildman–Crippen LogP) is 4.38. The van der Waals surface area contributed by atoms with Crippen molar-refractivity contribution in [1.82, 2.24) is 0 Å². The van der Waals surface area contributed by atoms with Crippen LogP contribution in [-0.2, 0) is 0 Å². The molecular weight excluding hydrogens is 274 g/mol. The minimum atomic E-state index is -0.126. The van der Waals surface area contributed by atoms with Gasteiger partial charge in [-0.05, 0) is 42.7 Å². The van der Waals surface area contributed by atoms with E-state index in [1.807, 2.05) is 30.5 Å². The van der Waals surface area contributed by atoms with Crippen molar-refractivity contribution >= 4 is 46.3 Å². The number of halogens is 1. The maximum Gasteiger partial charge on any atom is 0.265 e. The van der Waals surface area contributed by atoms with Crippen LogP contribution in [0.5, 0.6) is 0 Å². The van der Waals surface area contributed by atoms with Gasteiger partial charge in [0, 0.05) is 10.6 Å². The van der Waals surface area contributed by atoms with Crippen LogP contribution in [-0.4, -0.2) is 12.2 Å². The molecule has 5 heteroatoms. The average Bonchev–Trinajstić information content (AvgIpc) is 2.77. The highest BCUT2D eigenvalue weighted by atomic mass is 35.5. The zero-order chi connectivity index (χ0) is 12.3. The number of amides is 1. The third-order valence-corrected chi connectivity index (χ3v) is 4.12. The molecular formula is C12H10ClNOS2. The highest BCUT2D eigenvalue weighted by Gasteiger charge is 2.08. The van der Waals surface area contributed by atoms with Crippen molar-refractivity contribution in [3.8, 4) is 0 Å². The molecule has 1 amide bonds. The Balaban J connectivity index is 2.07.